The van der Waals surface area contributed by atoms with Crippen LogP contribution >= 0.6 is 0 Å². The highest BCUT2D eigenvalue weighted by Gasteiger charge is 2.21. The molecular formula is C11H13FN2O3. The predicted molar refractivity (Wildman–Crippen MR) is 58.8 cm³/mol. The quantitative estimate of drug-likeness (QED) is 0.359. The van der Waals surface area contributed by atoms with Crippen molar-refractivity contribution in [3.8, 4) is 5.75 Å². The van der Waals surface area contributed by atoms with Crippen LogP contribution in [-0.4, -0.2) is 30.4 Å². The van der Waals surface area contributed by atoms with Crippen molar-refractivity contribution in [1.82, 2.24) is 0 Å². The van der Waals surface area contributed by atoms with E-state index in [0.29, 0.717) is 13.2 Å². The Morgan fingerprint density at radius 3 is 3.06 bits per heavy atom. The molecule has 1 aromatic carbocycles. The summed E-state index contributed by atoms with van der Waals surface area (Å²) < 4.78 is 24.3. The summed E-state index contributed by atoms with van der Waals surface area (Å²) in [6.45, 7) is 1.09. The summed E-state index contributed by atoms with van der Waals surface area (Å²) in [5.41, 5.74) is 5.39. The number of rotatable bonds is 3. The van der Waals surface area contributed by atoms with Gasteiger partial charge in [-0.1, -0.05) is 11.2 Å². The van der Waals surface area contributed by atoms with E-state index in [-0.39, 0.29) is 23.3 Å². The third-order valence-corrected chi connectivity index (χ3v) is 2.52. The first-order chi connectivity index (χ1) is 8.22. The van der Waals surface area contributed by atoms with Crippen LogP contribution in [0.2, 0.25) is 0 Å². The Balaban J connectivity index is 2.29. The van der Waals surface area contributed by atoms with E-state index in [0.717, 1.165) is 6.42 Å². The number of nitrogens with two attached hydrogens (primary N) is 1. The molecule has 92 valence electrons. The van der Waals surface area contributed by atoms with Gasteiger partial charge >= 0.3 is 0 Å². The number of benzene rings is 1. The van der Waals surface area contributed by atoms with Gasteiger partial charge in [0.2, 0.25) is 0 Å². The van der Waals surface area contributed by atoms with Gasteiger partial charge in [-0.3, -0.25) is 0 Å². The van der Waals surface area contributed by atoms with Gasteiger partial charge in [0.05, 0.1) is 18.8 Å². The molecule has 1 unspecified atom stereocenters. The van der Waals surface area contributed by atoms with Crippen LogP contribution in [0.3, 0.4) is 0 Å². The first-order valence-corrected chi connectivity index (χ1v) is 5.23. The SMILES string of the molecule is NC(=NO)c1c(F)cccc1OC1CCOC1. The Labute approximate surface area is 97.6 Å². The van der Waals surface area contributed by atoms with E-state index in [1.165, 1.54) is 12.1 Å². The van der Waals surface area contributed by atoms with E-state index < -0.39 is 5.82 Å². The Kier molecular flexibility index (Phi) is 3.43. The first kappa shape index (κ1) is 11.7. The summed E-state index contributed by atoms with van der Waals surface area (Å²) >= 11 is 0. The molecule has 5 nitrogen and oxygen atoms in total. The summed E-state index contributed by atoms with van der Waals surface area (Å²) in [7, 11) is 0. The molecule has 0 spiro atoms. The molecule has 1 aliphatic heterocycles. The number of ether oxygens (including phenoxy) is 2. The molecule has 0 aliphatic carbocycles. The van der Waals surface area contributed by atoms with Crippen LogP contribution in [0.25, 0.3) is 0 Å². The van der Waals surface area contributed by atoms with Gasteiger partial charge in [-0.05, 0) is 12.1 Å². The monoisotopic (exact) mass is 240 g/mol. The maximum Gasteiger partial charge on any atom is 0.176 e. The van der Waals surface area contributed by atoms with Crippen molar-refractivity contribution < 1.29 is 19.1 Å². The van der Waals surface area contributed by atoms with Gasteiger partial charge in [0, 0.05) is 6.42 Å². The van der Waals surface area contributed by atoms with Crippen LogP contribution < -0.4 is 10.5 Å². The predicted octanol–water partition coefficient (Wildman–Crippen LogP) is 1.09. The zero-order valence-electron chi connectivity index (χ0n) is 9.10. The standard InChI is InChI=1S/C11H13FN2O3/c12-8-2-1-3-9(10(8)11(13)14-15)17-7-4-5-16-6-7/h1-3,7,15H,4-6H2,(H2,13,14). The number of amidine groups is 1. The Hall–Kier alpha value is -1.82. The maximum atomic E-state index is 13.6. The van der Waals surface area contributed by atoms with Crippen molar-refractivity contribution in [3.63, 3.8) is 0 Å². The average molecular weight is 240 g/mol. The van der Waals surface area contributed by atoms with Crippen molar-refractivity contribution in [2.45, 2.75) is 12.5 Å². The van der Waals surface area contributed by atoms with Crippen LogP contribution in [0, 0.1) is 5.82 Å². The van der Waals surface area contributed by atoms with Gasteiger partial charge in [0.25, 0.3) is 0 Å². The summed E-state index contributed by atoms with van der Waals surface area (Å²) in [5.74, 6) is -0.635. The van der Waals surface area contributed by atoms with Gasteiger partial charge in [-0.2, -0.15) is 0 Å². The minimum atomic E-state index is -0.586. The number of halogens is 1. The van der Waals surface area contributed by atoms with Crippen LogP contribution in [0.1, 0.15) is 12.0 Å². The molecule has 0 radical (unpaired) electrons. The topological polar surface area (TPSA) is 77.1 Å². The molecule has 0 saturated carbocycles. The molecule has 3 N–H and O–H groups in total. The van der Waals surface area contributed by atoms with Crippen LogP contribution in [0.4, 0.5) is 4.39 Å². The molecule has 6 heteroatoms. The molecular weight excluding hydrogens is 227 g/mol. The molecule has 1 atom stereocenters. The fourth-order valence-electron chi connectivity index (χ4n) is 1.69. The van der Waals surface area contributed by atoms with Crippen molar-refractivity contribution in [2.75, 3.05) is 13.2 Å². The Bertz CT molecular complexity index is 431. The highest BCUT2D eigenvalue weighted by Crippen LogP contribution is 2.24. The lowest BCUT2D eigenvalue weighted by molar-refractivity contribution is 0.141. The van der Waals surface area contributed by atoms with E-state index in [1.807, 2.05) is 0 Å². The molecule has 17 heavy (non-hydrogen) atoms. The van der Waals surface area contributed by atoms with Crippen LogP contribution in [0.5, 0.6) is 5.75 Å². The minimum absolute atomic E-state index is 0.0260. The molecule has 2 rings (SSSR count). The molecule has 1 aromatic rings. The minimum Gasteiger partial charge on any atom is -0.487 e. The smallest absolute Gasteiger partial charge is 0.176 e. The van der Waals surface area contributed by atoms with E-state index in [4.69, 9.17) is 20.4 Å². The molecule has 1 fully saturated rings. The second-order valence-corrected chi connectivity index (χ2v) is 3.70. The van der Waals surface area contributed by atoms with E-state index in [2.05, 4.69) is 5.16 Å². The molecule has 1 aliphatic rings. The highest BCUT2D eigenvalue weighted by molar-refractivity contribution is 5.99. The first-order valence-electron chi connectivity index (χ1n) is 5.23. The molecule has 0 amide bonds. The lowest BCUT2D eigenvalue weighted by Gasteiger charge is -2.15. The summed E-state index contributed by atoms with van der Waals surface area (Å²) in [4.78, 5) is 0. The number of nitrogens with zero attached hydrogens (tertiary/aromatic N) is 1. The fraction of sp³-hybridized carbons (Fsp3) is 0.364. The zero-order chi connectivity index (χ0) is 12.3. The van der Waals surface area contributed by atoms with Crippen molar-refractivity contribution in [3.05, 3.63) is 29.6 Å². The highest BCUT2D eigenvalue weighted by atomic mass is 19.1. The van der Waals surface area contributed by atoms with Gasteiger partial charge in [-0.25, -0.2) is 4.39 Å². The summed E-state index contributed by atoms with van der Waals surface area (Å²) in [6, 6.07) is 4.31. The fourth-order valence-corrected chi connectivity index (χ4v) is 1.69. The molecule has 0 aromatic heterocycles. The molecule has 0 bridgehead atoms. The number of hydrogen-bond acceptors (Lipinski definition) is 4. The lowest BCUT2D eigenvalue weighted by atomic mass is 10.1. The Morgan fingerprint density at radius 2 is 2.41 bits per heavy atom. The third kappa shape index (κ3) is 2.47. The summed E-state index contributed by atoms with van der Waals surface area (Å²) in [6.07, 6.45) is 0.619. The third-order valence-electron chi connectivity index (χ3n) is 2.52. The van der Waals surface area contributed by atoms with Gasteiger partial charge in [-0.15, -0.1) is 0 Å². The van der Waals surface area contributed by atoms with Crippen LogP contribution in [-0.2, 0) is 4.74 Å². The number of oxime groups is 1. The molecule has 1 heterocycles. The number of hydrogen-bond donors (Lipinski definition) is 2. The second kappa shape index (κ2) is 5.01. The Morgan fingerprint density at radius 1 is 1.59 bits per heavy atom. The van der Waals surface area contributed by atoms with Gasteiger partial charge < -0.3 is 20.4 Å². The van der Waals surface area contributed by atoms with Gasteiger partial charge in [0.15, 0.2) is 5.84 Å². The van der Waals surface area contributed by atoms with E-state index >= 15 is 0 Å². The van der Waals surface area contributed by atoms with Crippen molar-refractivity contribution in [1.29, 1.82) is 0 Å². The van der Waals surface area contributed by atoms with Gasteiger partial charge in [0.1, 0.15) is 17.7 Å². The van der Waals surface area contributed by atoms with Crippen molar-refractivity contribution in [2.24, 2.45) is 10.9 Å². The normalized spacial score (nSPS) is 20.5. The molecule has 1 saturated heterocycles. The largest absolute Gasteiger partial charge is 0.487 e. The summed E-state index contributed by atoms with van der Waals surface area (Å²) in [5, 5.41) is 11.4. The van der Waals surface area contributed by atoms with E-state index in [9.17, 15) is 4.39 Å². The average Bonchev–Trinajstić information content (AvgIpc) is 2.81. The van der Waals surface area contributed by atoms with Crippen LogP contribution in [0.15, 0.2) is 23.4 Å². The maximum absolute atomic E-state index is 13.6. The van der Waals surface area contributed by atoms with Crippen molar-refractivity contribution >= 4 is 5.84 Å². The zero-order valence-corrected chi connectivity index (χ0v) is 9.10. The van der Waals surface area contributed by atoms with E-state index in [1.54, 1.807) is 6.07 Å². The second-order valence-electron chi connectivity index (χ2n) is 3.70. The lowest BCUT2D eigenvalue weighted by Crippen LogP contribution is -2.21.